The third-order valence-corrected chi connectivity index (χ3v) is 11.8. The molecule has 0 aliphatic rings. The van der Waals surface area contributed by atoms with Crippen molar-refractivity contribution in [2.45, 2.75) is 0 Å². The predicted molar refractivity (Wildman–Crippen MR) is 226 cm³/mol. The van der Waals surface area contributed by atoms with Crippen LogP contribution in [0.1, 0.15) is 0 Å². The molecule has 0 atom stereocenters. The van der Waals surface area contributed by atoms with E-state index < -0.39 is 0 Å². The molecule has 0 aliphatic carbocycles. The van der Waals surface area contributed by atoms with Gasteiger partial charge in [-0.1, -0.05) is 127 Å². The molecule has 0 N–H and O–H groups in total. The Morgan fingerprint density at radius 2 is 0.963 bits per heavy atom. The van der Waals surface area contributed by atoms with Gasteiger partial charge < -0.3 is 4.40 Å². The summed E-state index contributed by atoms with van der Waals surface area (Å²) in [5.41, 5.74) is 7.91. The number of rotatable bonds is 2. The highest BCUT2D eigenvalue weighted by atomic mass is 15.1. The summed E-state index contributed by atoms with van der Waals surface area (Å²) in [4.78, 5) is 10.8. The van der Waals surface area contributed by atoms with Crippen LogP contribution in [0.5, 0.6) is 0 Å². The number of hydrogen-bond acceptors (Lipinski definition) is 2. The molecule has 54 heavy (non-hydrogen) atoms. The Labute approximate surface area is 308 Å². The van der Waals surface area contributed by atoms with Crippen LogP contribution in [0.4, 0.5) is 0 Å². The molecule has 248 valence electrons. The first-order valence-electron chi connectivity index (χ1n) is 18.5. The molecule has 0 fully saturated rings. The summed E-state index contributed by atoms with van der Waals surface area (Å²) >= 11 is 0. The third kappa shape index (κ3) is 3.57. The lowest BCUT2D eigenvalue weighted by atomic mass is 9.99. The van der Waals surface area contributed by atoms with Crippen LogP contribution in [-0.4, -0.2) is 18.9 Å². The lowest BCUT2D eigenvalue weighted by molar-refractivity contribution is 1.08. The molecule has 0 aliphatic heterocycles. The monoisotopic (exact) mass is 684 g/mol. The van der Waals surface area contributed by atoms with Crippen molar-refractivity contribution in [2.24, 2.45) is 0 Å². The van der Waals surface area contributed by atoms with E-state index in [0.29, 0.717) is 5.82 Å². The highest BCUT2D eigenvalue weighted by Gasteiger charge is 2.26. The quantitative estimate of drug-likeness (QED) is 0.170. The zero-order valence-electron chi connectivity index (χ0n) is 29.0. The normalized spacial score (nSPS) is 12.4. The first-order valence-corrected chi connectivity index (χ1v) is 18.5. The minimum atomic E-state index is 0.710. The Bertz CT molecular complexity index is 3740. The fourth-order valence-electron chi connectivity index (χ4n) is 9.50. The molecular formula is C50H28N4. The summed E-state index contributed by atoms with van der Waals surface area (Å²) in [6.07, 6.45) is 0. The second-order valence-electron chi connectivity index (χ2n) is 14.5. The van der Waals surface area contributed by atoms with Gasteiger partial charge in [-0.15, -0.1) is 0 Å². The Balaban J connectivity index is 1.23. The SMILES string of the molecule is c1ccc2c(c1)ccc1ccc(-c3nc(-n4c5ccc6ccccc6c5c5c6c7ccccc7n7c8ccccc8c(cc54)c67)c4ccccc4n3)cc12. The van der Waals surface area contributed by atoms with Crippen LogP contribution in [0.2, 0.25) is 0 Å². The van der Waals surface area contributed by atoms with Crippen molar-refractivity contribution in [2.75, 3.05) is 0 Å². The van der Waals surface area contributed by atoms with E-state index in [0.717, 1.165) is 33.3 Å². The van der Waals surface area contributed by atoms with Crippen molar-refractivity contribution in [3.05, 3.63) is 170 Å². The van der Waals surface area contributed by atoms with E-state index in [2.05, 4.69) is 179 Å². The maximum Gasteiger partial charge on any atom is 0.162 e. The smallest absolute Gasteiger partial charge is 0.162 e. The topological polar surface area (TPSA) is 35.1 Å². The molecule has 9 aromatic carbocycles. The molecule has 0 saturated carbocycles. The van der Waals surface area contributed by atoms with Gasteiger partial charge in [0.2, 0.25) is 0 Å². The zero-order valence-corrected chi connectivity index (χ0v) is 29.0. The largest absolute Gasteiger partial charge is 0.308 e. The zero-order chi connectivity index (χ0) is 35.1. The second-order valence-corrected chi connectivity index (χ2v) is 14.5. The van der Waals surface area contributed by atoms with E-state index in [-0.39, 0.29) is 0 Å². The summed E-state index contributed by atoms with van der Waals surface area (Å²) in [6.45, 7) is 0. The number of benzene rings is 9. The van der Waals surface area contributed by atoms with E-state index in [1.165, 1.54) is 81.2 Å². The summed E-state index contributed by atoms with van der Waals surface area (Å²) in [7, 11) is 0. The lowest BCUT2D eigenvalue weighted by Crippen LogP contribution is -2.02. The van der Waals surface area contributed by atoms with Gasteiger partial charge in [-0.05, 0) is 74.8 Å². The highest BCUT2D eigenvalue weighted by molar-refractivity contribution is 6.38. The van der Waals surface area contributed by atoms with E-state index >= 15 is 0 Å². The molecule has 13 aromatic rings. The van der Waals surface area contributed by atoms with Crippen LogP contribution < -0.4 is 0 Å². The minimum Gasteiger partial charge on any atom is -0.308 e. The fourth-order valence-corrected chi connectivity index (χ4v) is 9.50. The molecule has 13 rings (SSSR count). The molecule has 4 aromatic heterocycles. The van der Waals surface area contributed by atoms with Crippen LogP contribution in [0.3, 0.4) is 0 Å². The maximum atomic E-state index is 5.57. The van der Waals surface area contributed by atoms with Gasteiger partial charge >= 0.3 is 0 Å². The molecule has 0 amide bonds. The van der Waals surface area contributed by atoms with Gasteiger partial charge in [0.15, 0.2) is 5.82 Å². The number of para-hydroxylation sites is 3. The molecule has 0 spiro atoms. The van der Waals surface area contributed by atoms with E-state index in [1.54, 1.807) is 0 Å². The van der Waals surface area contributed by atoms with Crippen LogP contribution in [0.25, 0.3) is 120 Å². The molecule has 0 unspecified atom stereocenters. The van der Waals surface area contributed by atoms with E-state index in [9.17, 15) is 0 Å². The summed E-state index contributed by atoms with van der Waals surface area (Å²) in [6, 6.07) is 61.6. The highest BCUT2D eigenvalue weighted by Crippen LogP contribution is 2.48. The number of nitrogens with zero attached hydrogens (tertiary/aromatic N) is 4. The van der Waals surface area contributed by atoms with Crippen LogP contribution >= 0.6 is 0 Å². The second kappa shape index (κ2) is 10.2. The summed E-state index contributed by atoms with van der Waals surface area (Å²) < 4.78 is 4.90. The minimum absolute atomic E-state index is 0.710. The number of aromatic nitrogens is 4. The number of fused-ring (bicyclic) bond motifs is 16. The molecular weight excluding hydrogens is 657 g/mol. The molecule has 0 bridgehead atoms. The van der Waals surface area contributed by atoms with E-state index in [1.807, 2.05) is 0 Å². The van der Waals surface area contributed by atoms with Gasteiger partial charge in [0.1, 0.15) is 5.82 Å². The molecule has 4 heterocycles. The van der Waals surface area contributed by atoms with Crippen LogP contribution in [-0.2, 0) is 0 Å². The maximum absolute atomic E-state index is 5.57. The van der Waals surface area contributed by atoms with Gasteiger partial charge in [0, 0.05) is 43.3 Å². The molecule has 0 saturated heterocycles. The van der Waals surface area contributed by atoms with Gasteiger partial charge in [-0.2, -0.15) is 0 Å². The van der Waals surface area contributed by atoms with Crippen molar-refractivity contribution in [1.29, 1.82) is 0 Å². The van der Waals surface area contributed by atoms with Gasteiger partial charge in [0.05, 0.1) is 33.1 Å². The van der Waals surface area contributed by atoms with E-state index in [4.69, 9.17) is 9.97 Å². The first kappa shape index (κ1) is 28.3. The Morgan fingerprint density at radius 3 is 1.80 bits per heavy atom. The first-order chi connectivity index (χ1) is 26.8. The predicted octanol–water partition coefficient (Wildman–Crippen LogP) is 13.0. The molecule has 4 nitrogen and oxygen atoms in total. The summed E-state index contributed by atoms with van der Waals surface area (Å²) in [5, 5.41) is 15.9. The average molecular weight is 685 g/mol. The standard InChI is InChI=1S/C50H28N4/c1-3-13-33-29(11-1)21-22-31-23-24-32(27-38(31)33)49-51-40-18-8-5-16-36(40)50(52-49)54-43-26-25-30-12-2-4-14-34(30)45(43)47-44(54)28-39-35-15-6-9-19-41(35)53-42-20-10-7-17-37(42)46(47)48(39)53/h1-28H. The van der Waals surface area contributed by atoms with Gasteiger partial charge in [-0.3, -0.25) is 4.57 Å². The van der Waals surface area contributed by atoms with Gasteiger partial charge in [-0.25, -0.2) is 9.97 Å². The molecule has 4 heteroatoms. The fraction of sp³-hybridized carbons (Fsp3) is 0. The average Bonchev–Trinajstić information content (AvgIpc) is 3.87. The number of hydrogen-bond donors (Lipinski definition) is 0. The van der Waals surface area contributed by atoms with Gasteiger partial charge in [0.25, 0.3) is 0 Å². The van der Waals surface area contributed by atoms with Crippen LogP contribution in [0.15, 0.2) is 170 Å². The van der Waals surface area contributed by atoms with Crippen molar-refractivity contribution in [3.8, 4) is 17.2 Å². The van der Waals surface area contributed by atoms with Crippen molar-refractivity contribution < 1.29 is 0 Å². The van der Waals surface area contributed by atoms with Crippen molar-refractivity contribution >= 4 is 103 Å². The Kier molecular flexibility index (Phi) is 5.34. The lowest BCUT2D eigenvalue weighted by Gasteiger charge is -2.13. The molecule has 0 radical (unpaired) electrons. The van der Waals surface area contributed by atoms with Crippen molar-refractivity contribution in [1.82, 2.24) is 18.9 Å². The van der Waals surface area contributed by atoms with Crippen molar-refractivity contribution in [3.63, 3.8) is 0 Å². The summed E-state index contributed by atoms with van der Waals surface area (Å²) in [5.74, 6) is 1.59. The Morgan fingerprint density at radius 1 is 0.352 bits per heavy atom. The third-order valence-electron chi connectivity index (χ3n) is 11.8. The van der Waals surface area contributed by atoms with Crippen LogP contribution in [0, 0.1) is 0 Å². The Hall–Kier alpha value is -7.30.